The van der Waals surface area contributed by atoms with Crippen LogP contribution >= 0.6 is 11.6 Å². The van der Waals surface area contributed by atoms with Gasteiger partial charge in [0.25, 0.3) is 0 Å². The Hall–Kier alpha value is -0.760. The summed E-state index contributed by atoms with van der Waals surface area (Å²) < 4.78 is 0. The third kappa shape index (κ3) is 1.94. The maximum absolute atomic E-state index is 11.5. The lowest BCUT2D eigenvalue weighted by Gasteiger charge is -1.96. The van der Waals surface area contributed by atoms with Crippen LogP contribution in [-0.4, -0.2) is 16.6 Å². The first-order valence-electron chi connectivity index (χ1n) is 4.32. The van der Waals surface area contributed by atoms with E-state index in [1.807, 2.05) is 20.8 Å². The average Bonchev–Trinajstić information content (AvgIpc) is 2.33. The number of H-pyrrole nitrogens is 1. The molecule has 0 aliphatic heterocycles. The number of alkyl halides is 1. The van der Waals surface area contributed by atoms with Crippen molar-refractivity contribution in [2.45, 2.75) is 27.2 Å². The Labute approximate surface area is 83.3 Å². The predicted octanol–water partition coefficient (Wildman–Crippen LogP) is 2.75. The molecule has 1 N–H and O–H groups in total. The lowest BCUT2D eigenvalue weighted by atomic mass is 10.1. The van der Waals surface area contributed by atoms with Gasteiger partial charge in [0.15, 0.2) is 5.78 Å². The molecule has 13 heavy (non-hydrogen) atoms. The minimum atomic E-state index is 0.101. The topological polar surface area (TPSA) is 32.9 Å². The molecule has 2 nitrogen and oxygen atoms in total. The number of aromatic amines is 1. The Morgan fingerprint density at radius 2 is 1.92 bits per heavy atom. The van der Waals surface area contributed by atoms with Gasteiger partial charge >= 0.3 is 0 Å². The maximum atomic E-state index is 11.5. The van der Waals surface area contributed by atoms with Crippen molar-refractivity contribution in [2.75, 3.05) is 5.88 Å². The van der Waals surface area contributed by atoms with Gasteiger partial charge in [-0.1, -0.05) is 0 Å². The third-order valence-corrected chi connectivity index (χ3v) is 2.60. The lowest BCUT2D eigenvalue weighted by Crippen LogP contribution is -2.02. The monoisotopic (exact) mass is 199 g/mol. The fraction of sp³-hybridized carbons (Fsp3) is 0.500. The van der Waals surface area contributed by atoms with Gasteiger partial charge in [-0.25, -0.2) is 0 Å². The zero-order valence-corrected chi connectivity index (χ0v) is 8.96. The average molecular weight is 200 g/mol. The molecule has 0 aromatic carbocycles. The highest BCUT2D eigenvalue weighted by molar-refractivity contribution is 6.19. The van der Waals surface area contributed by atoms with Crippen molar-refractivity contribution in [3.05, 3.63) is 22.5 Å². The van der Waals surface area contributed by atoms with Crippen molar-refractivity contribution in [3.63, 3.8) is 0 Å². The lowest BCUT2D eigenvalue weighted by molar-refractivity contribution is 0.0984. The van der Waals surface area contributed by atoms with Crippen molar-refractivity contribution in [3.8, 4) is 0 Å². The van der Waals surface area contributed by atoms with Crippen molar-refractivity contribution in [2.24, 2.45) is 0 Å². The molecule has 1 heterocycles. The van der Waals surface area contributed by atoms with Crippen LogP contribution in [0.3, 0.4) is 0 Å². The van der Waals surface area contributed by atoms with Gasteiger partial charge in [0.2, 0.25) is 0 Å². The molecule has 0 fully saturated rings. The molecular weight excluding hydrogens is 186 g/mol. The zero-order valence-electron chi connectivity index (χ0n) is 8.20. The molecule has 0 aliphatic rings. The summed E-state index contributed by atoms with van der Waals surface area (Å²) in [5.74, 6) is 0.485. The van der Waals surface area contributed by atoms with Crippen molar-refractivity contribution in [1.82, 2.24) is 4.98 Å². The van der Waals surface area contributed by atoms with Crippen molar-refractivity contribution < 1.29 is 4.79 Å². The molecule has 0 atom stereocenters. The molecular formula is C10H14ClNO. The highest BCUT2D eigenvalue weighted by Gasteiger charge is 2.13. The second-order valence-electron chi connectivity index (χ2n) is 3.24. The summed E-state index contributed by atoms with van der Waals surface area (Å²) in [5.41, 5.74) is 4.00. The van der Waals surface area contributed by atoms with Gasteiger partial charge in [0.05, 0.1) is 5.69 Å². The van der Waals surface area contributed by atoms with Crippen LogP contribution in [0.2, 0.25) is 0 Å². The molecule has 0 spiro atoms. The number of aryl methyl sites for hydroxylation is 1. The number of aromatic nitrogens is 1. The molecule has 0 radical (unpaired) electrons. The van der Waals surface area contributed by atoms with Crippen LogP contribution in [0.1, 0.15) is 33.7 Å². The van der Waals surface area contributed by atoms with Gasteiger partial charge in [-0.3, -0.25) is 4.79 Å². The summed E-state index contributed by atoms with van der Waals surface area (Å²) in [6.07, 6.45) is 0.405. The van der Waals surface area contributed by atoms with Crippen molar-refractivity contribution in [1.29, 1.82) is 0 Å². The molecule has 1 aromatic rings. The molecule has 3 heteroatoms. The van der Waals surface area contributed by atoms with Crippen molar-refractivity contribution >= 4 is 17.4 Å². The summed E-state index contributed by atoms with van der Waals surface area (Å²) in [5, 5.41) is 0. The molecule has 0 unspecified atom stereocenters. The van der Waals surface area contributed by atoms with Crippen LogP contribution in [0.4, 0.5) is 0 Å². The van der Waals surface area contributed by atoms with Crippen LogP contribution in [0.15, 0.2) is 0 Å². The van der Waals surface area contributed by atoms with Crippen LogP contribution in [0, 0.1) is 20.8 Å². The van der Waals surface area contributed by atoms with Gasteiger partial charge in [0.1, 0.15) is 0 Å². The van der Waals surface area contributed by atoms with Crippen LogP contribution < -0.4 is 0 Å². The Morgan fingerprint density at radius 3 is 2.31 bits per heavy atom. The molecule has 0 saturated heterocycles. The van der Waals surface area contributed by atoms with Gasteiger partial charge in [-0.2, -0.15) is 0 Å². The second-order valence-corrected chi connectivity index (χ2v) is 3.62. The van der Waals surface area contributed by atoms with E-state index < -0.39 is 0 Å². The number of nitrogens with one attached hydrogen (secondary N) is 1. The van der Waals surface area contributed by atoms with E-state index in [1.54, 1.807) is 0 Å². The Morgan fingerprint density at radius 1 is 1.31 bits per heavy atom. The molecule has 1 rings (SSSR count). The van der Waals surface area contributed by atoms with E-state index in [-0.39, 0.29) is 5.78 Å². The molecule has 0 amide bonds. The summed E-state index contributed by atoms with van der Waals surface area (Å²) in [6, 6.07) is 0. The largest absolute Gasteiger partial charge is 0.356 e. The van der Waals surface area contributed by atoms with Gasteiger partial charge in [-0.15, -0.1) is 11.6 Å². The van der Waals surface area contributed by atoms with Crippen LogP contribution in [0.25, 0.3) is 0 Å². The maximum Gasteiger partial charge on any atom is 0.180 e. The van der Waals surface area contributed by atoms with E-state index >= 15 is 0 Å². The molecule has 0 aliphatic carbocycles. The fourth-order valence-electron chi connectivity index (χ4n) is 1.33. The van der Waals surface area contributed by atoms with Crippen LogP contribution in [-0.2, 0) is 0 Å². The Kier molecular flexibility index (Phi) is 3.15. The first kappa shape index (κ1) is 10.3. The minimum Gasteiger partial charge on any atom is -0.356 e. The van der Waals surface area contributed by atoms with E-state index in [0.717, 1.165) is 22.5 Å². The molecule has 72 valence electrons. The number of rotatable bonds is 3. The van der Waals surface area contributed by atoms with E-state index in [2.05, 4.69) is 4.98 Å². The standard InChI is InChI=1S/C10H14ClNO/c1-6-7(2)10(12-8(6)3)9(13)4-5-11/h12H,4-5H2,1-3H3. The second kappa shape index (κ2) is 3.97. The number of Topliss-reactive ketones (excluding diaryl/α,β-unsaturated/α-hetero) is 1. The molecule has 1 aromatic heterocycles. The summed E-state index contributed by atoms with van der Waals surface area (Å²) in [7, 11) is 0. The first-order valence-corrected chi connectivity index (χ1v) is 4.86. The molecule has 0 bridgehead atoms. The summed E-state index contributed by atoms with van der Waals surface area (Å²) in [4.78, 5) is 14.6. The Balaban J connectivity index is 3.01. The number of halogens is 1. The summed E-state index contributed by atoms with van der Waals surface area (Å²) >= 11 is 5.51. The van der Waals surface area contributed by atoms with E-state index in [0.29, 0.717) is 12.3 Å². The number of hydrogen-bond acceptors (Lipinski definition) is 1. The van der Waals surface area contributed by atoms with E-state index in [9.17, 15) is 4.79 Å². The minimum absolute atomic E-state index is 0.101. The summed E-state index contributed by atoms with van der Waals surface area (Å²) in [6.45, 7) is 5.94. The normalized spacial score (nSPS) is 10.5. The third-order valence-electron chi connectivity index (χ3n) is 2.41. The quantitative estimate of drug-likeness (QED) is 0.590. The zero-order chi connectivity index (χ0) is 10.0. The number of hydrogen-bond donors (Lipinski definition) is 1. The van der Waals surface area contributed by atoms with Gasteiger partial charge in [-0.05, 0) is 31.9 Å². The van der Waals surface area contributed by atoms with E-state index in [1.165, 1.54) is 0 Å². The van der Waals surface area contributed by atoms with Crippen LogP contribution in [0.5, 0.6) is 0 Å². The van der Waals surface area contributed by atoms with Gasteiger partial charge < -0.3 is 4.98 Å². The predicted molar refractivity (Wildman–Crippen MR) is 54.7 cm³/mol. The fourth-order valence-corrected chi connectivity index (χ4v) is 1.51. The highest BCUT2D eigenvalue weighted by atomic mass is 35.5. The highest BCUT2D eigenvalue weighted by Crippen LogP contribution is 2.17. The Bertz CT molecular complexity index is 328. The first-order chi connectivity index (χ1) is 6.07. The molecule has 0 saturated carbocycles. The number of carbonyl (C=O) groups is 1. The number of carbonyl (C=O) groups excluding carboxylic acids is 1. The SMILES string of the molecule is Cc1[nH]c(C(=O)CCCl)c(C)c1C. The van der Waals surface area contributed by atoms with Gasteiger partial charge in [0, 0.05) is 18.0 Å². The smallest absolute Gasteiger partial charge is 0.180 e. The number of ketones is 1. The van der Waals surface area contributed by atoms with E-state index in [4.69, 9.17) is 11.6 Å².